The Morgan fingerprint density at radius 2 is 1.79 bits per heavy atom. The largest absolute Gasteiger partial charge is 0.322 e. The van der Waals surface area contributed by atoms with Gasteiger partial charge in [0.05, 0.1) is 0 Å². The van der Waals surface area contributed by atoms with Gasteiger partial charge in [-0.25, -0.2) is 4.79 Å². The summed E-state index contributed by atoms with van der Waals surface area (Å²) in [5, 5.41) is 4.90. The van der Waals surface area contributed by atoms with Crippen molar-refractivity contribution >= 4 is 23.7 Å². The molecule has 1 unspecified atom stereocenters. The number of hydrogen-bond donors (Lipinski definition) is 2. The molecule has 0 spiro atoms. The van der Waals surface area contributed by atoms with E-state index in [0.29, 0.717) is 5.56 Å². The summed E-state index contributed by atoms with van der Waals surface area (Å²) in [5.41, 5.74) is 4.28. The predicted octanol–water partition coefficient (Wildman–Crippen LogP) is 3.60. The first kappa shape index (κ1) is 19.1. The average Bonchev–Trinajstić information content (AvgIpc) is 3.06. The number of carbonyl (C=O) groups is 2. The van der Waals surface area contributed by atoms with Crippen molar-refractivity contribution < 1.29 is 9.59 Å². The number of hydrogen-bond acceptors (Lipinski definition) is 5. The van der Waals surface area contributed by atoms with Gasteiger partial charge < -0.3 is 5.32 Å². The summed E-state index contributed by atoms with van der Waals surface area (Å²) >= 11 is 1.55. The molecule has 3 heterocycles. The molecule has 1 atom stereocenters. The molecule has 2 N–H and O–H groups in total. The maximum atomic E-state index is 12.0. The first-order valence-electron chi connectivity index (χ1n) is 9.32. The highest BCUT2D eigenvalue weighted by Gasteiger charge is 2.32. The molecule has 0 aliphatic carbocycles. The van der Waals surface area contributed by atoms with E-state index >= 15 is 0 Å². The number of rotatable bonds is 6. The second-order valence-corrected chi connectivity index (χ2v) is 7.98. The van der Waals surface area contributed by atoms with Crippen LogP contribution in [0.15, 0.2) is 70.8 Å². The lowest BCUT2D eigenvalue weighted by Gasteiger charge is -2.13. The molecule has 4 rings (SSSR count). The van der Waals surface area contributed by atoms with E-state index in [2.05, 4.69) is 57.0 Å². The van der Waals surface area contributed by atoms with E-state index in [9.17, 15) is 9.59 Å². The van der Waals surface area contributed by atoms with Crippen LogP contribution in [0.2, 0.25) is 0 Å². The molecule has 7 heteroatoms. The molecule has 0 radical (unpaired) electrons. The Morgan fingerprint density at radius 1 is 1.00 bits per heavy atom. The Balaban J connectivity index is 1.44. The molecule has 29 heavy (non-hydrogen) atoms. The molecule has 1 aliphatic heterocycles. The highest BCUT2D eigenvalue weighted by atomic mass is 32.2. The van der Waals surface area contributed by atoms with Crippen LogP contribution in [-0.4, -0.2) is 21.9 Å². The van der Waals surface area contributed by atoms with Crippen LogP contribution in [0.25, 0.3) is 0 Å². The van der Waals surface area contributed by atoms with Crippen LogP contribution in [0.5, 0.6) is 0 Å². The average molecular weight is 404 g/mol. The Labute approximate surface area is 173 Å². The van der Waals surface area contributed by atoms with Crippen LogP contribution in [-0.2, 0) is 17.6 Å². The van der Waals surface area contributed by atoms with Crippen LogP contribution in [0.3, 0.4) is 0 Å². The van der Waals surface area contributed by atoms with Crippen molar-refractivity contribution in [3.63, 3.8) is 0 Å². The van der Waals surface area contributed by atoms with Gasteiger partial charge in [-0.05, 0) is 61.2 Å². The number of imide groups is 1. The fourth-order valence-electron chi connectivity index (χ4n) is 3.24. The van der Waals surface area contributed by atoms with Crippen molar-refractivity contribution in [2.24, 2.45) is 0 Å². The van der Waals surface area contributed by atoms with Crippen molar-refractivity contribution in [2.45, 2.75) is 35.6 Å². The van der Waals surface area contributed by atoms with E-state index in [-0.39, 0.29) is 5.91 Å². The molecule has 6 nitrogen and oxygen atoms in total. The minimum atomic E-state index is -0.707. The predicted molar refractivity (Wildman–Crippen MR) is 111 cm³/mol. The monoisotopic (exact) mass is 404 g/mol. The maximum absolute atomic E-state index is 12.0. The third kappa shape index (κ3) is 4.63. The third-order valence-electron chi connectivity index (χ3n) is 4.71. The van der Waals surface area contributed by atoms with Gasteiger partial charge in [-0.2, -0.15) is 0 Å². The van der Waals surface area contributed by atoms with Gasteiger partial charge in [-0.15, -0.1) is 0 Å². The number of carbonyl (C=O) groups excluding carboxylic acids is 2. The van der Waals surface area contributed by atoms with Crippen LogP contribution in [0.1, 0.15) is 28.4 Å². The molecule has 2 aromatic heterocycles. The molecular formula is C22H20N4O2S. The summed E-state index contributed by atoms with van der Waals surface area (Å²) in [6.07, 6.45) is 7.10. The summed E-state index contributed by atoms with van der Waals surface area (Å²) in [7, 11) is 0. The first-order chi connectivity index (χ1) is 14.1. The maximum Gasteiger partial charge on any atom is 0.322 e. The zero-order valence-electron chi connectivity index (χ0n) is 15.9. The van der Waals surface area contributed by atoms with Crippen molar-refractivity contribution in [2.75, 3.05) is 0 Å². The van der Waals surface area contributed by atoms with Crippen molar-refractivity contribution in [3.05, 3.63) is 83.4 Å². The van der Waals surface area contributed by atoms with Crippen molar-refractivity contribution in [3.8, 4) is 0 Å². The highest BCUT2D eigenvalue weighted by molar-refractivity contribution is 7.99. The summed E-state index contributed by atoms with van der Waals surface area (Å²) in [4.78, 5) is 33.8. The van der Waals surface area contributed by atoms with Crippen LogP contribution < -0.4 is 10.6 Å². The van der Waals surface area contributed by atoms with Gasteiger partial charge in [0.15, 0.2) is 0 Å². The van der Waals surface area contributed by atoms with E-state index in [1.54, 1.807) is 24.2 Å². The van der Waals surface area contributed by atoms with Gasteiger partial charge in [0.1, 0.15) is 6.04 Å². The molecule has 3 aromatic rings. The molecule has 1 aromatic carbocycles. The smallest absolute Gasteiger partial charge is 0.322 e. The van der Waals surface area contributed by atoms with E-state index in [0.717, 1.165) is 28.3 Å². The number of nitrogens with zero attached hydrogens (tertiary/aromatic N) is 2. The minimum absolute atomic E-state index is 0.355. The summed E-state index contributed by atoms with van der Waals surface area (Å²) in [6.45, 7) is 2.00. The minimum Gasteiger partial charge on any atom is -0.322 e. The molecule has 146 valence electrons. The third-order valence-corrected chi connectivity index (χ3v) is 5.81. The second-order valence-electron chi connectivity index (χ2n) is 6.86. The van der Waals surface area contributed by atoms with E-state index in [1.165, 1.54) is 11.1 Å². The van der Waals surface area contributed by atoms with Gasteiger partial charge in [0.25, 0.3) is 5.91 Å². The lowest BCUT2D eigenvalue weighted by molar-refractivity contribution is -0.120. The number of amides is 3. The molecule has 1 fully saturated rings. The second kappa shape index (κ2) is 8.45. The van der Waals surface area contributed by atoms with Gasteiger partial charge in [0.2, 0.25) is 0 Å². The number of nitrogens with one attached hydrogen (secondary N) is 2. The summed E-state index contributed by atoms with van der Waals surface area (Å²) in [6, 6.07) is 13.3. The summed E-state index contributed by atoms with van der Waals surface area (Å²) < 4.78 is 0. The fraction of sp³-hybridized carbons (Fsp3) is 0.182. The Hall–Kier alpha value is -3.19. The van der Waals surface area contributed by atoms with Gasteiger partial charge in [0, 0.05) is 39.6 Å². The van der Waals surface area contributed by atoms with Crippen LogP contribution in [0, 0.1) is 6.92 Å². The van der Waals surface area contributed by atoms with E-state index < -0.39 is 12.1 Å². The van der Waals surface area contributed by atoms with Crippen molar-refractivity contribution in [1.82, 2.24) is 20.6 Å². The summed E-state index contributed by atoms with van der Waals surface area (Å²) in [5.74, 6) is -0.355. The molecule has 0 saturated carbocycles. The Bertz CT molecular complexity index is 1050. The zero-order valence-corrected chi connectivity index (χ0v) is 16.7. The first-order valence-corrected chi connectivity index (χ1v) is 10.1. The highest BCUT2D eigenvalue weighted by Crippen LogP contribution is 2.33. The fourth-order valence-corrected chi connectivity index (χ4v) is 4.18. The molecule has 0 bridgehead atoms. The molecule has 1 aliphatic rings. The van der Waals surface area contributed by atoms with E-state index in [4.69, 9.17) is 0 Å². The van der Waals surface area contributed by atoms with Crippen molar-refractivity contribution in [1.29, 1.82) is 0 Å². The molecular weight excluding hydrogens is 384 g/mol. The zero-order chi connectivity index (χ0) is 20.2. The number of urea groups is 1. The number of aromatic nitrogens is 2. The number of pyridine rings is 2. The van der Waals surface area contributed by atoms with Crippen LogP contribution >= 0.6 is 11.8 Å². The quantitative estimate of drug-likeness (QED) is 0.613. The SMILES string of the molecule is Cc1cc(CCc2ccc(Sc3ccncc3C3NC(=O)NC3=O)cc2)ccn1. The van der Waals surface area contributed by atoms with Gasteiger partial charge >= 0.3 is 6.03 Å². The van der Waals surface area contributed by atoms with Gasteiger partial charge in [-0.3, -0.25) is 20.1 Å². The molecule has 3 amide bonds. The number of aryl methyl sites for hydroxylation is 3. The van der Waals surface area contributed by atoms with Gasteiger partial charge in [-0.1, -0.05) is 23.9 Å². The topological polar surface area (TPSA) is 84.0 Å². The normalized spacial score (nSPS) is 15.8. The lowest BCUT2D eigenvalue weighted by Crippen LogP contribution is -2.22. The van der Waals surface area contributed by atoms with E-state index in [1.807, 2.05) is 19.2 Å². The molecule has 1 saturated heterocycles. The Kier molecular flexibility index (Phi) is 5.57. The number of benzene rings is 1. The van der Waals surface area contributed by atoms with Crippen LogP contribution in [0.4, 0.5) is 4.79 Å². The Morgan fingerprint density at radius 3 is 2.52 bits per heavy atom. The standard InChI is InChI=1S/C22H20N4O2S/c1-14-12-16(8-11-24-14)3-2-15-4-6-17(7-5-15)29-19-9-10-23-13-18(19)20-21(27)26-22(28)25-20/h4-13,20H,2-3H2,1H3,(H2,25,26,27,28). The lowest BCUT2D eigenvalue weighted by atomic mass is 10.1.